The van der Waals surface area contributed by atoms with Crippen LogP contribution >= 0.6 is 24.0 Å². The summed E-state index contributed by atoms with van der Waals surface area (Å²) in [5.74, 6) is -1.29. The van der Waals surface area contributed by atoms with Gasteiger partial charge in [0.1, 0.15) is 0 Å². The van der Waals surface area contributed by atoms with E-state index in [4.69, 9.17) is 12.2 Å². The zero-order valence-corrected chi connectivity index (χ0v) is 17.5. The molecule has 1 N–H and O–H groups in total. The summed E-state index contributed by atoms with van der Waals surface area (Å²) in [6, 6.07) is 14.6. The quantitative estimate of drug-likeness (QED) is 0.455. The molecule has 2 aromatic carbocycles. The number of hydrogen-bond donors (Lipinski definition) is 1. The van der Waals surface area contributed by atoms with E-state index in [9.17, 15) is 14.7 Å². The third kappa shape index (κ3) is 3.47. The minimum Gasteiger partial charge on any atom is -0.478 e. The van der Waals surface area contributed by atoms with Crippen molar-refractivity contribution >= 4 is 62.8 Å². The summed E-state index contributed by atoms with van der Waals surface area (Å²) in [6.45, 7) is 4.23. The van der Waals surface area contributed by atoms with E-state index >= 15 is 0 Å². The van der Waals surface area contributed by atoms with Crippen molar-refractivity contribution in [2.45, 2.75) is 19.9 Å². The molecule has 0 spiro atoms. The minimum atomic E-state index is -1.05. The van der Waals surface area contributed by atoms with Crippen LogP contribution in [0, 0.1) is 0 Å². The van der Waals surface area contributed by atoms with Gasteiger partial charge < -0.3 is 9.67 Å². The Labute approximate surface area is 177 Å². The first kappa shape index (κ1) is 19.4. The van der Waals surface area contributed by atoms with Gasteiger partial charge in [0.15, 0.2) is 4.32 Å². The molecule has 1 aliphatic rings. The van der Waals surface area contributed by atoms with E-state index in [1.165, 1.54) is 28.8 Å². The number of rotatable bonds is 4. The largest absolute Gasteiger partial charge is 0.478 e. The predicted molar refractivity (Wildman–Crippen MR) is 121 cm³/mol. The highest BCUT2D eigenvalue weighted by Gasteiger charge is 2.33. The van der Waals surface area contributed by atoms with Crippen molar-refractivity contribution in [2.24, 2.45) is 0 Å². The molecule has 1 aromatic heterocycles. The maximum Gasteiger partial charge on any atom is 0.335 e. The second-order valence-corrected chi connectivity index (χ2v) is 8.65. The topological polar surface area (TPSA) is 62.5 Å². The molecule has 0 saturated carbocycles. The molecule has 2 heterocycles. The Hall–Kier alpha value is -2.90. The molecule has 0 radical (unpaired) electrons. The lowest BCUT2D eigenvalue weighted by molar-refractivity contribution is -0.113. The Morgan fingerprint density at radius 2 is 1.93 bits per heavy atom. The zero-order chi connectivity index (χ0) is 20.7. The maximum atomic E-state index is 13.1. The molecule has 1 aliphatic heterocycles. The standard InChI is InChI=1S/C22H18N2O3S2/c1-13(2)23-12-15(17-8-3-4-9-18(17)23)11-19-20(25)24(22(28)29-19)16-7-5-6-14(10-16)21(26)27/h3-13H,1-2H3,(H,26,27)/b19-11+. The van der Waals surface area contributed by atoms with Gasteiger partial charge >= 0.3 is 5.97 Å². The van der Waals surface area contributed by atoms with Gasteiger partial charge in [-0.2, -0.15) is 0 Å². The number of carbonyl (C=O) groups excluding carboxylic acids is 1. The van der Waals surface area contributed by atoms with Crippen LogP contribution in [0.15, 0.2) is 59.6 Å². The van der Waals surface area contributed by atoms with E-state index in [0.29, 0.717) is 14.9 Å². The van der Waals surface area contributed by atoms with E-state index < -0.39 is 5.97 Å². The Balaban J connectivity index is 1.75. The molecule has 3 aromatic rings. The van der Waals surface area contributed by atoms with Crippen molar-refractivity contribution in [3.63, 3.8) is 0 Å². The minimum absolute atomic E-state index is 0.112. The van der Waals surface area contributed by atoms with Crippen molar-refractivity contribution < 1.29 is 14.7 Å². The average Bonchev–Trinajstić information content (AvgIpc) is 3.20. The van der Waals surface area contributed by atoms with Crippen LogP contribution in [0.4, 0.5) is 5.69 Å². The summed E-state index contributed by atoms with van der Waals surface area (Å²) in [5.41, 5.74) is 2.63. The van der Waals surface area contributed by atoms with Gasteiger partial charge in [0.05, 0.1) is 16.2 Å². The number of nitrogens with zero attached hydrogens (tertiary/aromatic N) is 2. The molecule has 0 bridgehead atoms. The van der Waals surface area contributed by atoms with Crippen LogP contribution in [0.2, 0.25) is 0 Å². The molecule has 0 unspecified atom stereocenters. The van der Waals surface area contributed by atoms with Crippen molar-refractivity contribution in [2.75, 3.05) is 4.90 Å². The van der Waals surface area contributed by atoms with Gasteiger partial charge in [0, 0.05) is 28.7 Å². The van der Waals surface area contributed by atoms with Gasteiger partial charge in [-0.05, 0) is 44.2 Å². The first-order valence-corrected chi connectivity index (χ1v) is 10.3. The molecule has 29 heavy (non-hydrogen) atoms. The van der Waals surface area contributed by atoms with E-state index in [-0.39, 0.29) is 17.5 Å². The lowest BCUT2D eigenvalue weighted by Crippen LogP contribution is -2.27. The molecule has 1 amide bonds. The lowest BCUT2D eigenvalue weighted by atomic mass is 10.1. The number of anilines is 1. The van der Waals surface area contributed by atoms with Crippen molar-refractivity contribution in [1.82, 2.24) is 4.57 Å². The summed E-state index contributed by atoms with van der Waals surface area (Å²) in [7, 11) is 0. The number of carboxylic acid groups (broad SMARTS) is 1. The number of carboxylic acids is 1. The number of thiocarbonyl (C=S) groups is 1. The number of para-hydroxylation sites is 1. The second kappa shape index (κ2) is 7.50. The fourth-order valence-electron chi connectivity index (χ4n) is 3.38. The Kier molecular flexibility index (Phi) is 5.02. The van der Waals surface area contributed by atoms with E-state index in [0.717, 1.165) is 16.5 Å². The van der Waals surface area contributed by atoms with Gasteiger partial charge in [-0.25, -0.2) is 4.79 Å². The first-order valence-electron chi connectivity index (χ1n) is 9.07. The van der Waals surface area contributed by atoms with Crippen LogP contribution < -0.4 is 4.90 Å². The number of aromatic carboxylic acids is 1. The monoisotopic (exact) mass is 422 g/mol. The highest BCUT2D eigenvalue weighted by atomic mass is 32.2. The van der Waals surface area contributed by atoms with Gasteiger partial charge in [0.25, 0.3) is 5.91 Å². The second-order valence-electron chi connectivity index (χ2n) is 6.98. The fraction of sp³-hybridized carbons (Fsp3) is 0.136. The van der Waals surface area contributed by atoms with Gasteiger partial charge in [0.2, 0.25) is 0 Å². The third-order valence-corrected chi connectivity index (χ3v) is 6.06. The number of amides is 1. The summed E-state index contributed by atoms with van der Waals surface area (Å²) in [4.78, 5) is 26.2. The molecule has 1 fully saturated rings. The first-order chi connectivity index (χ1) is 13.9. The van der Waals surface area contributed by atoms with Gasteiger partial charge in [-0.1, -0.05) is 48.2 Å². The highest BCUT2D eigenvalue weighted by Crippen LogP contribution is 2.37. The highest BCUT2D eigenvalue weighted by molar-refractivity contribution is 8.27. The zero-order valence-electron chi connectivity index (χ0n) is 15.8. The van der Waals surface area contributed by atoms with Crippen LogP contribution in [0.3, 0.4) is 0 Å². The number of fused-ring (bicyclic) bond motifs is 1. The number of hydrogen-bond acceptors (Lipinski definition) is 4. The molecule has 7 heteroatoms. The van der Waals surface area contributed by atoms with Gasteiger partial charge in [-0.15, -0.1) is 0 Å². The van der Waals surface area contributed by atoms with Gasteiger partial charge in [-0.3, -0.25) is 9.69 Å². The number of benzene rings is 2. The predicted octanol–water partition coefficient (Wildman–Crippen LogP) is 5.33. The average molecular weight is 423 g/mol. The third-order valence-electron chi connectivity index (χ3n) is 4.76. The molecule has 1 saturated heterocycles. The Morgan fingerprint density at radius 3 is 2.66 bits per heavy atom. The smallest absolute Gasteiger partial charge is 0.335 e. The Morgan fingerprint density at radius 1 is 1.17 bits per heavy atom. The molecule has 146 valence electrons. The molecule has 0 atom stereocenters. The molecular weight excluding hydrogens is 404 g/mol. The van der Waals surface area contributed by atoms with E-state index in [2.05, 4.69) is 24.5 Å². The van der Waals surface area contributed by atoms with Crippen molar-refractivity contribution in [1.29, 1.82) is 0 Å². The molecule has 4 rings (SSSR count). The molecular formula is C22H18N2O3S2. The fourth-order valence-corrected chi connectivity index (χ4v) is 4.67. The molecule has 5 nitrogen and oxygen atoms in total. The Bertz CT molecular complexity index is 1190. The SMILES string of the molecule is CC(C)n1cc(/C=C2/SC(=S)N(c3cccc(C(=O)O)c3)C2=O)c2ccccc21. The molecule has 0 aliphatic carbocycles. The summed E-state index contributed by atoms with van der Waals surface area (Å²) >= 11 is 6.64. The van der Waals surface area contributed by atoms with Crippen LogP contribution in [0.5, 0.6) is 0 Å². The normalized spacial score (nSPS) is 15.8. The lowest BCUT2D eigenvalue weighted by Gasteiger charge is -2.14. The number of aromatic nitrogens is 1. The number of thioether (sulfide) groups is 1. The number of carbonyl (C=O) groups is 2. The summed E-state index contributed by atoms with van der Waals surface area (Å²) in [6.07, 6.45) is 3.91. The van der Waals surface area contributed by atoms with Crippen LogP contribution in [-0.2, 0) is 4.79 Å². The maximum absolute atomic E-state index is 13.1. The van der Waals surface area contributed by atoms with E-state index in [1.54, 1.807) is 12.1 Å². The summed E-state index contributed by atoms with van der Waals surface area (Å²) < 4.78 is 2.56. The summed E-state index contributed by atoms with van der Waals surface area (Å²) in [5, 5.41) is 10.3. The van der Waals surface area contributed by atoms with Crippen molar-refractivity contribution in [3.05, 3.63) is 70.8 Å². The van der Waals surface area contributed by atoms with Crippen LogP contribution in [0.25, 0.3) is 17.0 Å². The van der Waals surface area contributed by atoms with Crippen LogP contribution in [-0.4, -0.2) is 25.9 Å². The van der Waals surface area contributed by atoms with E-state index in [1.807, 2.05) is 30.5 Å². The van der Waals surface area contributed by atoms with Crippen LogP contribution in [0.1, 0.15) is 35.8 Å². The van der Waals surface area contributed by atoms with Crippen molar-refractivity contribution in [3.8, 4) is 0 Å².